The van der Waals surface area contributed by atoms with Crippen molar-refractivity contribution in [3.63, 3.8) is 0 Å². The Hall–Kier alpha value is -2.25. The highest BCUT2D eigenvalue weighted by Crippen LogP contribution is 2.40. The van der Waals surface area contributed by atoms with Crippen LogP contribution in [0.1, 0.15) is 35.7 Å². The molecule has 0 spiro atoms. The van der Waals surface area contributed by atoms with Crippen molar-refractivity contribution >= 4 is 21.6 Å². The maximum Gasteiger partial charge on any atom is 0.259 e. The first-order valence-corrected chi connectivity index (χ1v) is 9.23. The zero-order valence-corrected chi connectivity index (χ0v) is 14.3. The molecule has 2 N–H and O–H groups in total. The molecule has 0 saturated carbocycles. The van der Waals surface area contributed by atoms with Gasteiger partial charge in [-0.3, -0.25) is 4.79 Å². The number of rotatable bonds is 3. The van der Waals surface area contributed by atoms with Gasteiger partial charge in [-0.15, -0.1) is 0 Å². The zero-order chi connectivity index (χ0) is 17.5. The van der Waals surface area contributed by atoms with Crippen molar-refractivity contribution in [1.29, 1.82) is 0 Å². The first kappa shape index (κ1) is 16.6. The van der Waals surface area contributed by atoms with Crippen molar-refractivity contribution < 1.29 is 13.2 Å². The van der Waals surface area contributed by atoms with Crippen molar-refractivity contribution in [1.82, 2.24) is 4.98 Å². The number of carbonyl (C=O) groups excluding carboxylic acids is 1. The number of sulfonamides is 1. The Morgan fingerprint density at radius 2 is 1.96 bits per heavy atom. The third-order valence-electron chi connectivity index (χ3n) is 4.33. The van der Waals surface area contributed by atoms with Gasteiger partial charge in [0.05, 0.1) is 5.56 Å². The predicted octanol–water partition coefficient (Wildman–Crippen LogP) is 2.13. The number of aromatic nitrogens is 1. The SMILES string of the molecule is CC(C)[C@@H]1CN(C(=O)c2ccc(S(N)(=O)=O)nc2)c2ccccc21. The largest absolute Gasteiger partial charge is 0.307 e. The van der Waals surface area contributed by atoms with E-state index in [-0.39, 0.29) is 16.9 Å². The van der Waals surface area contributed by atoms with Crippen LogP contribution >= 0.6 is 0 Å². The van der Waals surface area contributed by atoms with Gasteiger partial charge in [-0.2, -0.15) is 0 Å². The molecule has 1 aliphatic heterocycles. The number of nitrogens with two attached hydrogens (primary N) is 1. The second kappa shape index (κ2) is 5.99. The Bertz CT molecular complexity index is 876. The third kappa shape index (κ3) is 2.92. The number of pyridine rings is 1. The molecule has 24 heavy (non-hydrogen) atoms. The van der Waals surface area contributed by atoms with Crippen molar-refractivity contribution in [3.05, 3.63) is 53.7 Å². The van der Waals surface area contributed by atoms with E-state index in [2.05, 4.69) is 24.9 Å². The Morgan fingerprint density at radius 3 is 2.54 bits per heavy atom. The Kier molecular flexibility index (Phi) is 4.15. The molecule has 0 unspecified atom stereocenters. The third-order valence-corrected chi connectivity index (χ3v) is 5.16. The number of para-hydroxylation sites is 1. The molecule has 2 aromatic rings. The van der Waals surface area contributed by atoms with Gasteiger partial charge in [0.25, 0.3) is 15.9 Å². The van der Waals surface area contributed by atoms with Crippen LogP contribution < -0.4 is 10.0 Å². The van der Waals surface area contributed by atoms with Crippen molar-refractivity contribution in [3.8, 4) is 0 Å². The van der Waals surface area contributed by atoms with Gasteiger partial charge in [0.2, 0.25) is 0 Å². The highest BCUT2D eigenvalue weighted by molar-refractivity contribution is 7.89. The number of fused-ring (bicyclic) bond motifs is 1. The molecule has 0 saturated heterocycles. The molecular weight excluding hydrogens is 326 g/mol. The molecule has 0 radical (unpaired) electrons. The normalized spacial score (nSPS) is 17.2. The molecule has 1 aromatic heterocycles. The average Bonchev–Trinajstić information content (AvgIpc) is 2.93. The summed E-state index contributed by atoms with van der Waals surface area (Å²) in [5.41, 5.74) is 2.40. The van der Waals surface area contributed by atoms with E-state index in [4.69, 9.17) is 5.14 Å². The van der Waals surface area contributed by atoms with E-state index in [0.29, 0.717) is 18.0 Å². The number of carbonyl (C=O) groups is 1. The van der Waals surface area contributed by atoms with Gasteiger partial charge in [-0.05, 0) is 29.7 Å². The Morgan fingerprint density at radius 1 is 1.25 bits per heavy atom. The summed E-state index contributed by atoms with van der Waals surface area (Å²) in [6, 6.07) is 10.6. The van der Waals surface area contributed by atoms with Crippen LogP contribution in [0.4, 0.5) is 5.69 Å². The van der Waals surface area contributed by atoms with Gasteiger partial charge in [-0.1, -0.05) is 32.0 Å². The molecule has 0 bridgehead atoms. The molecule has 1 atom stereocenters. The van der Waals surface area contributed by atoms with Gasteiger partial charge in [0, 0.05) is 24.3 Å². The van der Waals surface area contributed by atoms with E-state index in [1.807, 2.05) is 18.2 Å². The summed E-state index contributed by atoms with van der Waals surface area (Å²) < 4.78 is 22.5. The summed E-state index contributed by atoms with van der Waals surface area (Å²) >= 11 is 0. The standard InChI is InChI=1S/C17H19N3O3S/c1-11(2)14-10-20(15-6-4-3-5-13(14)15)17(21)12-7-8-16(19-9-12)24(18,22)23/h3-9,11,14H,10H2,1-2H3,(H2,18,22,23)/t14-/m0/s1. The molecule has 2 heterocycles. The van der Waals surface area contributed by atoms with E-state index in [0.717, 1.165) is 11.3 Å². The molecule has 1 aliphatic rings. The number of amides is 1. The van der Waals surface area contributed by atoms with Crippen molar-refractivity contribution in [2.75, 3.05) is 11.4 Å². The molecule has 126 valence electrons. The quantitative estimate of drug-likeness (QED) is 0.922. The Balaban J connectivity index is 1.94. The average molecular weight is 345 g/mol. The summed E-state index contributed by atoms with van der Waals surface area (Å²) in [5, 5.41) is 4.79. The van der Waals surface area contributed by atoms with Crippen LogP contribution in [-0.2, 0) is 10.0 Å². The number of nitrogens with zero attached hydrogens (tertiary/aromatic N) is 2. The fourth-order valence-electron chi connectivity index (χ4n) is 3.03. The van der Waals surface area contributed by atoms with E-state index < -0.39 is 10.0 Å². The highest BCUT2D eigenvalue weighted by Gasteiger charge is 2.34. The number of hydrogen-bond donors (Lipinski definition) is 1. The predicted molar refractivity (Wildman–Crippen MR) is 91.3 cm³/mol. The summed E-state index contributed by atoms with van der Waals surface area (Å²) in [5.74, 6) is 0.493. The van der Waals surface area contributed by atoms with E-state index >= 15 is 0 Å². The summed E-state index contributed by atoms with van der Waals surface area (Å²) in [7, 11) is -3.87. The highest BCUT2D eigenvalue weighted by atomic mass is 32.2. The second-order valence-electron chi connectivity index (χ2n) is 6.26. The molecule has 7 heteroatoms. The van der Waals surface area contributed by atoms with Gasteiger partial charge in [-0.25, -0.2) is 18.5 Å². The molecular formula is C17H19N3O3S. The molecule has 1 aromatic carbocycles. The monoisotopic (exact) mass is 345 g/mol. The van der Waals surface area contributed by atoms with Crippen LogP contribution in [0.3, 0.4) is 0 Å². The van der Waals surface area contributed by atoms with Gasteiger partial charge in [0.1, 0.15) is 0 Å². The number of hydrogen-bond acceptors (Lipinski definition) is 4. The molecule has 6 nitrogen and oxygen atoms in total. The maximum atomic E-state index is 12.8. The van der Waals surface area contributed by atoms with E-state index in [9.17, 15) is 13.2 Å². The minimum atomic E-state index is -3.87. The molecule has 0 fully saturated rings. The lowest BCUT2D eigenvalue weighted by Crippen LogP contribution is -2.30. The topological polar surface area (TPSA) is 93.4 Å². The lowest BCUT2D eigenvalue weighted by Gasteiger charge is -2.19. The Labute approximate surface area is 141 Å². The van der Waals surface area contributed by atoms with Gasteiger partial charge in [0.15, 0.2) is 5.03 Å². The second-order valence-corrected chi connectivity index (χ2v) is 7.76. The summed E-state index contributed by atoms with van der Waals surface area (Å²) in [6.45, 7) is 4.88. The van der Waals surface area contributed by atoms with Crippen LogP contribution in [0.25, 0.3) is 0 Å². The van der Waals surface area contributed by atoms with Gasteiger partial charge < -0.3 is 4.90 Å². The zero-order valence-electron chi connectivity index (χ0n) is 13.5. The fraction of sp³-hybridized carbons (Fsp3) is 0.294. The number of benzene rings is 1. The van der Waals surface area contributed by atoms with Crippen LogP contribution in [0.2, 0.25) is 0 Å². The molecule has 3 rings (SSSR count). The smallest absolute Gasteiger partial charge is 0.259 e. The van der Waals surface area contributed by atoms with Crippen LogP contribution in [0.15, 0.2) is 47.6 Å². The van der Waals surface area contributed by atoms with Crippen LogP contribution in [-0.4, -0.2) is 25.9 Å². The lowest BCUT2D eigenvalue weighted by atomic mass is 9.90. The van der Waals surface area contributed by atoms with Crippen molar-refractivity contribution in [2.45, 2.75) is 24.8 Å². The lowest BCUT2D eigenvalue weighted by molar-refractivity contribution is 0.0987. The van der Waals surface area contributed by atoms with Crippen molar-refractivity contribution in [2.24, 2.45) is 11.1 Å². The summed E-state index contributed by atoms with van der Waals surface area (Å²) in [6.07, 6.45) is 1.26. The van der Waals surface area contributed by atoms with E-state index in [1.54, 1.807) is 4.90 Å². The van der Waals surface area contributed by atoms with Crippen LogP contribution in [0, 0.1) is 5.92 Å². The maximum absolute atomic E-state index is 12.8. The number of anilines is 1. The van der Waals surface area contributed by atoms with Gasteiger partial charge >= 0.3 is 0 Å². The summed E-state index contributed by atoms with van der Waals surface area (Å²) in [4.78, 5) is 18.4. The first-order valence-electron chi connectivity index (χ1n) is 7.68. The minimum absolute atomic E-state index is 0.195. The fourth-order valence-corrected chi connectivity index (χ4v) is 3.49. The molecule has 1 amide bonds. The minimum Gasteiger partial charge on any atom is -0.307 e. The first-order chi connectivity index (χ1) is 11.3. The number of primary sulfonamides is 1. The molecule has 0 aliphatic carbocycles. The van der Waals surface area contributed by atoms with E-state index in [1.165, 1.54) is 18.3 Å². The van der Waals surface area contributed by atoms with Crippen LogP contribution in [0.5, 0.6) is 0 Å².